The Labute approximate surface area is 193 Å². The zero-order valence-electron chi connectivity index (χ0n) is 20.6. The van der Waals surface area contributed by atoms with Crippen LogP contribution in [0.15, 0.2) is 48.5 Å². The third kappa shape index (κ3) is 6.69. The van der Waals surface area contributed by atoms with Gasteiger partial charge in [0.25, 0.3) is 0 Å². The first-order valence-electron chi connectivity index (χ1n) is 11.8. The summed E-state index contributed by atoms with van der Waals surface area (Å²) in [6, 6.07) is 15.1. The lowest BCUT2D eigenvalue weighted by atomic mass is 9.94. The van der Waals surface area contributed by atoms with Crippen molar-refractivity contribution >= 4 is 11.9 Å². The molecule has 32 heavy (non-hydrogen) atoms. The molecule has 0 saturated heterocycles. The number of hydrogen-bond donors (Lipinski definition) is 0. The molecular weight excluding hydrogens is 400 g/mol. The van der Waals surface area contributed by atoms with Crippen molar-refractivity contribution in [2.75, 3.05) is 0 Å². The molecule has 0 aromatic heterocycles. The molecule has 2 aromatic rings. The smallest absolute Gasteiger partial charge is 0.338 e. The Bertz CT molecular complexity index is 792. The summed E-state index contributed by atoms with van der Waals surface area (Å²) in [6.45, 7) is 14.4. The predicted octanol–water partition coefficient (Wildman–Crippen LogP) is 7.14. The fourth-order valence-electron chi connectivity index (χ4n) is 3.78. The topological polar surface area (TPSA) is 52.6 Å². The second-order valence-electron chi connectivity index (χ2n) is 9.12. The minimum Gasteiger partial charge on any atom is -0.458 e. The fraction of sp³-hybridized carbons (Fsp3) is 0.500. The third-order valence-corrected chi connectivity index (χ3v) is 6.12. The van der Waals surface area contributed by atoms with Crippen LogP contribution < -0.4 is 0 Å². The summed E-state index contributed by atoms with van der Waals surface area (Å²) in [5.74, 6) is 0.00630. The first-order valence-corrected chi connectivity index (χ1v) is 11.8. The molecule has 0 saturated carbocycles. The minimum absolute atomic E-state index is 0.122. The van der Waals surface area contributed by atoms with Crippen LogP contribution in [0.3, 0.4) is 0 Å². The van der Waals surface area contributed by atoms with Crippen LogP contribution in [-0.2, 0) is 9.47 Å². The van der Waals surface area contributed by atoms with E-state index in [0.29, 0.717) is 35.8 Å². The SMILES string of the molecule is CCC(OC(=O)c1ccc(C(C)C)cc1)C(C)C(CC)OC(=O)c1ccc(C(C)C)cc1. The summed E-state index contributed by atoms with van der Waals surface area (Å²) in [5.41, 5.74) is 3.44. The molecular formula is C28H38O4. The first-order chi connectivity index (χ1) is 15.2. The van der Waals surface area contributed by atoms with Crippen LogP contribution in [0.1, 0.15) is 105 Å². The van der Waals surface area contributed by atoms with E-state index in [0.717, 1.165) is 0 Å². The second kappa shape index (κ2) is 11.8. The van der Waals surface area contributed by atoms with Crippen molar-refractivity contribution in [3.63, 3.8) is 0 Å². The van der Waals surface area contributed by atoms with Crippen molar-refractivity contribution in [3.8, 4) is 0 Å². The number of ether oxygens (including phenoxy) is 2. The number of carbonyl (C=O) groups excluding carboxylic acids is 2. The Kier molecular flexibility index (Phi) is 9.49. The summed E-state index contributed by atoms with van der Waals surface area (Å²) < 4.78 is 11.7. The van der Waals surface area contributed by atoms with Gasteiger partial charge in [0.2, 0.25) is 0 Å². The second-order valence-corrected chi connectivity index (χ2v) is 9.12. The molecule has 2 atom stereocenters. The van der Waals surface area contributed by atoms with Crippen molar-refractivity contribution in [2.24, 2.45) is 5.92 Å². The molecule has 174 valence electrons. The van der Waals surface area contributed by atoms with Crippen LogP contribution in [0.2, 0.25) is 0 Å². The van der Waals surface area contributed by atoms with E-state index in [1.54, 1.807) is 0 Å². The maximum absolute atomic E-state index is 12.7. The van der Waals surface area contributed by atoms with Crippen LogP contribution in [0.4, 0.5) is 0 Å². The summed E-state index contributed by atoms with van der Waals surface area (Å²) in [5, 5.41) is 0. The summed E-state index contributed by atoms with van der Waals surface area (Å²) in [7, 11) is 0. The van der Waals surface area contributed by atoms with E-state index in [-0.39, 0.29) is 30.1 Å². The standard InChI is InChI=1S/C28H38O4/c1-8-25(31-27(29)23-14-10-21(11-15-23)18(3)4)20(7)26(9-2)32-28(30)24-16-12-22(13-17-24)19(5)6/h10-20,25-26H,8-9H2,1-7H3. The molecule has 0 aliphatic carbocycles. The first kappa shape index (κ1) is 25.6. The zero-order valence-corrected chi connectivity index (χ0v) is 20.6. The Balaban J connectivity index is 2.04. The number of hydrogen-bond acceptors (Lipinski definition) is 4. The number of benzene rings is 2. The van der Waals surface area contributed by atoms with E-state index in [2.05, 4.69) is 27.7 Å². The van der Waals surface area contributed by atoms with Gasteiger partial charge in [0.1, 0.15) is 12.2 Å². The lowest BCUT2D eigenvalue weighted by Crippen LogP contribution is -2.35. The monoisotopic (exact) mass is 438 g/mol. The van der Waals surface area contributed by atoms with Crippen molar-refractivity contribution in [2.45, 2.75) is 85.4 Å². The number of rotatable bonds is 10. The number of esters is 2. The van der Waals surface area contributed by atoms with E-state index in [9.17, 15) is 9.59 Å². The highest BCUT2D eigenvalue weighted by Gasteiger charge is 2.30. The van der Waals surface area contributed by atoms with Gasteiger partial charge in [0.15, 0.2) is 0 Å². The van der Waals surface area contributed by atoms with Crippen molar-refractivity contribution in [3.05, 3.63) is 70.8 Å². The average Bonchev–Trinajstić information content (AvgIpc) is 2.80. The minimum atomic E-state index is -0.343. The van der Waals surface area contributed by atoms with Gasteiger partial charge < -0.3 is 9.47 Å². The fourth-order valence-corrected chi connectivity index (χ4v) is 3.78. The lowest BCUT2D eigenvalue weighted by Gasteiger charge is -2.29. The molecule has 0 aliphatic heterocycles. The van der Waals surface area contributed by atoms with E-state index < -0.39 is 0 Å². The Morgan fingerprint density at radius 3 is 1.19 bits per heavy atom. The van der Waals surface area contributed by atoms with Gasteiger partial charge in [0, 0.05) is 5.92 Å². The van der Waals surface area contributed by atoms with Gasteiger partial charge in [-0.3, -0.25) is 0 Å². The highest BCUT2D eigenvalue weighted by atomic mass is 16.6. The molecule has 0 amide bonds. The molecule has 0 spiro atoms. The van der Waals surface area contributed by atoms with Gasteiger partial charge in [-0.2, -0.15) is 0 Å². The van der Waals surface area contributed by atoms with Crippen molar-refractivity contribution < 1.29 is 19.1 Å². The Morgan fingerprint density at radius 2 is 0.938 bits per heavy atom. The van der Waals surface area contributed by atoms with E-state index in [1.807, 2.05) is 69.3 Å². The predicted molar refractivity (Wildman–Crippen MR) is 129 cm³/mol. The summed E-state index contributed by atoms with van der Waals surface area (Å²) in [4.78, 5) is 25.4. The maximum atomic E-state index is 12.7. The molecule has 4 heteroatoms. The van der Waals surface area contributed by atoms with Gasteiger partial charge in [-0.05, 0) is 60.1 Å². The largest absolute Gasteiger partial charge is 0.458 e. The molecule has 2 unspecified atom stereocenters. The van der Waals surface area contributed by atoms with Gasteiger partial charge in [-0.1, -0.05) is 72.7 Å². The van der Waals surface area contributed by atoms with Gasteiger partial charge in [-0.15, -0.1) is 0 Å². The van der Waals surface area contributed by atoms with Gasteiger partial charge >= 0.3 is 11.9 Å². The summed E-state index contributed by atoms with van der Waals surface area (Å²) in [6.07, 6.45) is 0.615. The van der Waals surface area contributed by atoms with Gasteiger partial charge in [0.05, 0.1) is 11.1 Å². The summed E-state index contributed by atoms with van der Waals surface area (Å²) >= 11 is 0. The van der Waals surface area contributed by atoms with Crippen LogP contribution in [0.5, 0.6) is 0 Å². The zero-order chi connectivity index (χ0) is 23.8. The Morgan fingerprint density at radius 1 is 0.625 bits per heavy atom. The van der Waals surface area contributed by atoms with Crippen molar-refractivity contribution in [1.82, 2.24) is 0 Å². The molecule has 0 N–H and O–H groups in total. The van der Waals surface area contributed by atoms with Gasteiger partial charge in [-0.25, -0.2) is 9.59 Å². The van der Waals surface area contributed by atoms with Crippen LogP contribution in [-0.4, -0.2) is 24.1 Å². The maximum Gasteiger partial charge on any atom is 0.338 e. The molecule has 0 aliphatic rings. The molecule has 2 aromatic carbocycles. The van der Waals surface area contributed by atoms with E-state index in [4.69, 9.17) is 9.47 Å². The van der Waals surface area contributed by atoms with E-state index in [1.165, 1.54) is 11.1 Å². The van der Waals surface area contributed by atoms with Crippen LogP contribution in [0.25, 0.3) is 0 Å². The van der Waals surface area contributed by atoms with Crippen LogP contribution >= 0.6 is 0 Å². The Hall–Kier alpha value is -2.62. The van der Waals surface area contributed by atoms with Crippen LogP contribution in [0, 0.1) is 5.92 Å². The molecule has 0 heterocycles. The quantitative estimate of drug-likeness (QED) is 0.370. The number of carbonyl (C=O) groups is 2. The highest BCUT2D eigenvalue weighted by Crippen LogP contribution is 2.24. The molecule has 0 bridgehead atoms. The molecule has 0 radical (unpaired) electrons. The third-order valence-electron chi connectivity index (χ3n) is 6.12. The molecule has 2 rings (SSSR count). The lowest BCUT2D eigenvalue weighted by molar-refractivity contribution is -0.0299. The molecule has 0 fully saturated rings. The average molecular weight is 439 g/mol. The molecule has 4 nitrogen and oxygen atoms in total. The van der Waals surface area contributed by atoms with Crippen molar-refractivity contribution in [1.29, 1.82) is 0 Å². The normalized spacial score (nSPS) is 14.2. The van der Waals surface area contributed by atoms with E-state index >= 15 is 0 Å². The highest BCUT2D eigenvalue weighted by molar-refractivity contribution is 5.90.